The van der Waals surface area contributed by atoms with E-state index in [2.05, 4.69) is 25.7 Å². The van der Waals surface area contributed by atoms with Crippen LogP contribution in [0, 0.1) is 5.92 Å². The molecule has 0 amide bonds. The Balaban J connectivity index is 2.33. The third-order valence-electron chi connectivity index (χ3n) is 2.93. The van der Waals surface area contributed by atoms with E-state index in [0.717, 1.165) is 19.0 Å². The Kier molecular flexibility index (Phi) is 5.95. The van der Waals surface area contributed by atoms with Gasteiger partial charge in [-0.05, 0) is 19.3 Å². The number of morpholine rings is 1. The van der Waals surface area contributed by atoms with E-state index in [-0.39, 0.29) is 6.10 Å². The van der Waals surface area contributed by atoms with Crippen LogP contribution in [0.2, 0.25) is 0 Å². The molecule has 0 bridgehead atoms. The molecule has 0 aromatic rings. The summed E-state index contributed by atoms with van der Waals surface area (Å²) in [5, 5.41) is 0. The molecule has 3 atom stereocenters. The van der Waals surface area contributed by atoms with Crippen molar-refractivity contribution in [3.8, 4) is 0 Å². The highest BCUT2D eigenvalue weighted by Gasteiger charge is 2.25. The fourth-order valence-electron chi connectivity index (χ4n) is 2.40. The predicted octanol–water partition coefficient (Wildman–Crippen LogP) is 2.75. The highest BCUT2D eigenvalue weighted by atomic mass is 35.5. The normalized spacial score (nSPS) is 30.4. The van der Waals surface area contributed by atoms with Crippen LogP contribution in [0.5, 0.6) is 0 Å². The molecule has 3 unspecified atom stereocenters. The monoisotopic (exact) mass is 233 g/mol. The Morgan fingerprint density at radius 3 is 2.80 bits per heavy atom. The van der Waals surface area contributed by atoms with Crippen LogP contribution < -0.4 is 0 Å². The van der Waals surface area contributed by atoms with Crippen LogP contribution in [-0.2, 0) is 4.74 Å². The molecule has 15 heavy (non-hydrogen) atoms. The standard InChI is InChI=1S/C12H24ClNO/c1-4-5-10(2)7-14-8-11(3)15-12(6-13)9-14/h10-12H,4-9H2,1-3H3. The third-order valence-corrected chi connectivity index (χ3v) is 3.27. The minimum atomic E-state index is 0.226. The first-order chi connectivity index (χ1) is 7.15. The maximum atomic E-state index is 5.86. The molecule has 1 saturated heterocycles. The van der Waals surface area contributed by atoms with Gasteiger partial charge in [-0.15, -0.1) is 11.6 Å². The second-order valence-corrected chi connectivity index (χ2v) is 5.14. The minimum absolute atomic E-state index is 0.226. The van der Waals surface area contributed by atoms with E-state index in [0.29, 0.717) is 12.0 Å². The molecule has 0 saturated carbocycles. The number of hydrogen-bond acceptors (Lipinski definition) is 2. The van der Waals surface area contributed by atoms with Gasteiger partial charge in [0, 0.05) is 25.5 Å². The first kappa shape index (κ1) is 13.3. The average molecular weight is 234 g/mol. The average Bonchev–Trinajstić information content (AvgIpc) is 2.17. The lowest BCUT2D eigenvalue weighted by atomic mass is 10.0. The molecule has 1 aliphatic heterocycles. The Bertz CT molecular complexity index is 177. The molecule has 1 heterocycles. The Morgan fingerprint density at radius 2 is 2.20 bits per heavy atom. The SMILES string of the molecule is CCCC(C)CN1CC(C)OC(CCl)C1. The van der Waals surface area contributed by atoms with Gasteiger partial charge in [0.2, 0.25) is 0 Å². The van der Waals surface area contributed by atoms with Crippen LogP contribution in [-0.4, -0.2) is 42.6 Å². The van der Waals surface area contributed by atoms with Gasteiger partial charge in [0.05, 0.1) is 12.2 Å². The van der Waals surface area contributed by atoms with Crippen molar-refractivity contribution in [2.24, 2.45) is 5.92 Å². The van der Waals surface area contributed by atoms with Crippen LogP contribution in [0.1, 0.15) is 33.6 Å². The summed E-state index contributed by atoms with van der Waals surface area (Å²) in [6.07, 6.45) is 3.15. The molecule has 0 radical (unpaired) electrons. The number of alkyl halides is 1. The van der Waals surface area contributed by atoms with Gasteiger partial charge in [-0.1, -0.05) is 20.3 Å². The van der Waals surface area contributed by atoms with Crippen molar-refractivity contribution < 1.29 is 4.74 Å². The summed E-state index contributed by atoms with van der Waals surface area (Å²) in [6, 6.07) is 0. The van der Waals surface area contributed by atoms with E-state index in [1.807, 2.05) is 0 Å². The Morgan fingerprint density at radius 1 is 1.47 bits per heavy atom. The summed E-state index contributed by atoms with van der Waals surface area (Å²) >= 11 is 5.86. The number of hydrogen-bond donors (Lipinski definition) is 0. The fraction of sp³-hybridized carbons (Fsp3) is 1.00. The van der Waals surface area contributed by atoms with E-state index >= 15 is 0 Å². The zero-order valence-electron chi connectivity index (χ0n) is 10.2. The summed E-state index contributed by atoms with van der Waals surface area (Å²) in [5.74, 6) is 1.40. The van der Waals surface area contributed by atoms with Gasteiger partial charge in [0.25, 0.3) is 0 Å². The topological polar surface area (TPSA) is 12.5 Å². The van der Waals surface area contributed by atoms with Gasteiger partial charge in [-0.2, -0.15) is 0 Å². The summed E-state index contributed by atoms with van der Waals surface area (Å²) < 4.78 is 5.73. The number of rotatable bonds is 5. The molecule has 1 rings (SSSR count). The molecule has 0 aromatic heterocycles. The van der Waals surface area contributed by atoms with Crippen LogP contribution >= 0.6 is 11.6 Å². The highest BCUT2D eigenvalue weighted by molar-refractivity contribution is 6.18. The summed E-state index contributed by atoms with van der Waals surface area (Å²) in [5.41, 5.74) is 0. The van der Waals surface area contributed by atoms with Crippen molar-refractivity contribution in [2.75, 3.05) is 25.5 Å². The van der Waals surface area contributed by atoms with E-state index < -0.39 is 0 Å². The largest absolute Gasteiger partial charge is 0.371 e. The Labute approximate surface area is 98.9 Å². The lowest BCUT2D eigenvalue weighted by molar-refractivity contribution is -0.0695. The van der Waals surface area contributed by atoms with E-state index in [1.165, 1.54) is 19.4 Å². The maximum absolute atomic E-state index is 5.86. The minimum Gasteiger partial charge on any atom is -0.371 e. The summed E-state index contributed by atoms with van der Waals surface area (Å²) in [7, 11) is 0. The number of halogens is 1. The first-order valence-electron chi connectivity index (χ1n) is 6.09. The zero-order chi connectivity index (χ0) is 11.3. The molecular weight excluding hydrogens is 210 g/mol. The molecular formula is C12H24ClNO. The molecule has 2 nitrogen and oxygen atoms in total. The van der Waals surface area contributed by atoms with Gasteiger partial charge < -0.3 is 4.74 Å². The van der Waals surface area contributed by atoms with Gasteiger partial charge in [-0.25, -0.2) is 0 Å². The smallest absolute Gasteiger partial charge is 0.0841 e. The molecule has 1 aliphatic rings. The van der Waals surface area contributed by atoms with Crippen molar-refractivity contribution in [1.29, 1.82) is 0 Å². The van der Waals surface area contributed by atoms with E-state index in [4.69, 9.17) is 16.3 Å². The summed E-state index contributed by atoms with van der Waals surface area (Å²) in [4.78, 5) is 2.50. The van der Waals surface area contributed by atoms with E-state index in [9.17, 15) is 0 Å². The lowest BCUT2D eigenvalue weighted by Gasteiger charge is -2.37. The Hall–Kier alpha value is 0.210. The third kappa shape index (κ3) is 4.71. The van der Waals surface area contributed by atoms with Gasteiger partial charge in [0.1, 0.15) is 0 Å². The van der Waals surface area contributed by atoms with Crippen LogP contribution in [0.3, 0.4) is 0 Å². The van der Waals surface area contributed by atoms with Crippen LogP contribution in [0.15, 0.2) is 0 Å². The molecule has 90 valence electrons. The summed E-state index contributed by atoms with van der Waals surface area (Å²) in [6.45, 7) is 9.97. The molecule has 1 fully saturated rings. The number of ether oxygens (including phenoxy) is 1. The lowest BCUT2D eigenvalue weighted by Crippen LogP contribution is -2.48. The first-order valence-corrected chi connectivity index (χ1v) is 6.62. The molecule has 0 N–H and O–H groups in total. The van der Waals surface area contributed by atoms with Crippen molar-refractivity contribution in [3.05, 3.63) is 0 Å². The van der Waals surface area contributed by atoms with Crippen molar-refractivity contribution in [1.82, 2.24) is 4.90 Å². The van der Waals surface area contributed by atoms with Crippen LogP contribution in [0.4, 0.5) is 0 Å². The van der Waals surface area contributed by atoms with Gasteiger partial charge in [-0.3, -0.25) is 4.90 Å². The second-order valence-electron chi connectivity index (χ2n) is 4.84. The molecule has 0 spiro atoms. The van der Waals surface area contributed by atoms with Gasteiger partial charge in [0.15, 0.2) is 0 Å². The highest BCUT2D eigenvalue weighted by Crippen LogP contribution is 2.15. The molecule has 0 aromatic carbocycles. The fourth-order valence-corrected chi connectivity index (χ4v) is 2.57. The molecule has 3 heteroatoms. The van der Waals surface area contributed by atoms with E-state index in [1.54, 1.807) is 0 Å². The van der Waals surface area contributed by atoms with Crippen LogP contribution in [0.25, 0.3) is 0 Å². The maximum Gasteiger partial charge on any atom is 0.0841 e. The van der Waals surface area contributed by atoms with Crippen molar-refractivity contribution in [3.63, 3.8) is 0 Å². The quantitative estimate of drug-likeness (QED) is 0.678. The van der Waals surface area contributed by atoms with Gasteiger partial charge >= 0.3 is 0 Å². The van der Waals surface area contributed by atoms with Crippen molar-refractivity contribution in [2.45, 2.75) is 45.8 Å². The zero-order valence-corrected chi connectivity index (χ0v) is 11.0. The molecule has 0 aliphatic carbocycles. The second kappa shape index (κ2) is 6.72. The van der Waals surface area contributed by atoms with Crippen molar-refractivity contribution >= 4 is 11.6 Å². The predicted molar refractivity (Wildman–Crippen MR) is 65.6 cm³/mol. The number of nitrogens with zero attached hydrogens (tertiary/aromatic N) is 1.